The molecule has 11 heteroatoms. The highest BCUT2D eigenvalue weighted by Gasteiger charge is 2.27. The van der Waals surface area contributed by atoms with Gasteiger partial charge in [-0.25, -0.2) is 4.98 Å². The Kier molecular flexibility index (Phi) is 7.29. The topological polar surface area (TPSA) is 150 Å². The van der Waals surface area contributed by atoms with Gasteiger partial charge in [-0.15, -0.1) is 0 Å². The van der Waals surface area contributed by atoms with Crippen LogP contribution in [0.3, 0.4) is 0 Å². The average molecular weight is 544 g/mol. The Balaban J connectivity index is 1.15. The molecule has 0 radical (unpaired) electrons. The number of benzene rings is 1. The zero-order chi connectivity index (χ0) is 27.5. The van der Waals surface area contributed by atoms with Crippen LogP contribution in [0.15, 0.2) is 83.1 Å². The molecule has 1 aromatic carbocycles. The highest BCUT2D eigenvalue weighted by atomic mass is 35.5. The number of rotatable bonds is 8. The number of halogens is 1. The van der Waals surface area contributed by atoms with Gasteiger partial charge < -0.3 is 25.5 Å². The maximum Gasteiger partial charge on any atom is 0.263 e. The lowest BCUT2D eigenvalue weighted by molar-refractivity contribution is -0.129. The molecule has 3 aromatic heterocycles. The number of fused-ring (bicyclic) bond motifs is 1. The number of hydrogen-bond donors (Lipinski definition) is 4. The van der Waals surface area contributed by atoms with Crippen LogP contribution in [0, 0.1) is 5.41 Å². The summed E-state index contributed by atoms with van der Waals surface area (Å²) in [6.07, 6.45) is 3.19. The van der Waals surface area contributed by atoms with Gasteiger partial charge in [-0.2, -0.15) is 0 Å². The third-order valence-electron chi connectivity index (χ3n) is 6.58. The standard InChI is InChI=1S/C28H26ClN7O3/c29-24-8-7-17(13-33-24)14-35-11-3-5-19(28(35)39)27(38)32-10-9-25(37)36-15-20(21(30)16-36)26(31)23-12-18-4-1-2-6-22(18)34-23/h1-8,11-13,31,34H,9-10,14-16,30H2,(H,32,38). The molecule has 10 nitrogen and oxygen atoms in total. The molecule has 1 aliphatic heterocycles. The van der Waals surface area contributed by atoms with Gasteiger partial charge in [-0.3, -0.25) is 19.8 Å². The Morgan fingerprint density at radius 2 is 1.95 bits per heavy atom. The van der Waals surface area contributed by atoms with Gasteiger partial charge in [0.15, 0.2) is 0 Å². The van der Waals surface area contributed by atoms with Crippen LogP contribution in [0.2, 0.25) is 5.15 Å². The van der Waals surface area contributed by atoms with E-state index in [2.05, 4.69) is 15.3 Å². The molecule has 4 heterocycles. The first-order valence-corrected chi connectivity index (χ1v) is 12.7. The minimum atomic E-state index is -0.559. The molecule has 5 N–H and O–H groups in total. The normalized spacial score (nSPS) is 13.2. The van der Waals surface area contributed by atoms with Crippen molar-refractivity contribution in [2.24, 2.45) is 5.73 Å². The predicted octanol–water partition coefficient (Wildman–Crippen LogP) is 2.67. The fraction of sp³-hybridized carbons (Fsp3) is 0.179. The van der Waals surface area contributed by atoms with Crippen molar-refractivity contribution in [3.05, 3.63) is 111 Å². The molecule has 1 aliphatic rings. The number of nitrogens with one attached hydrogen (secondary N) is 3. The molecule has 0 saturated carbocycles. The first kappa shape index (κ1) is 25.9. The molecule has 0 spiro atoms. The fourth-order valence-corrected chi connectivity index (χ4v) is 4.61. The first-order chi connectivity index (χ1) is 18.8. The number of carbonyl (C=O) groups is 2. The number of hydrogen-bond acceptors (Lipinski definition) is 6. The van der Waals surface area contributed by atoms with Gasteiger partial charge in [0.05, 0.1) is 31.0 Å². The van der Waals surface area contributed by atoms with Gasteiger partial charge in [0.1, 0.15) is 10.7 Å². The van der Waals surface area contributed by atoms with E-state index in [-0.39, 0.29) is 49.8 Å². The SMILES string of the molecule is N=C(C1=C(N)CN(C(=O)CCNC(=O)c2cccn(Cc3ccc(Cl)nc3)c2=O)C1)c1cc2ccccc2[nH]1. The van der Waals surface area contributed by atoms with Crippen molar-refractivity contribution >= 4 is 40.0 Å². The molecule has 0 saturated heterocycles. The van der Waals surface area contributed by atoms with E-state index in [1.165, 1.54) is 10.6 Å². The molecule has 0 unspecified atom stereocenters. The van der Waals surface area contributed by atoms with Gasteiger partial charge in [0.25, 0.3) is 11.5 Å². The summed E-state index contributed by atoms with van der Waals surface area (Å²) in [7, 11) is 0. The Bertz CT molecular complexity index is 1640. The van der Waals surface area contributed by atoms with Crippen LogP contribution in [0.25, 0.3) is 10.9 Å². The smallest absolute Gasteiger partial charge is 0.263 e. The van der Waals surface area contributed by atoms with Crippen molar-refractivity contribution in [3.63, 3.8) is 0 Å². The number of pyridine rings is 2. The number of nitrogens with two attached hydrogens (primary N) is 1. The first-order valence-electron chi connectivity index (χ1n) is 12.3. The molecule has 0 aliphatic carbocycles. The fourth-order valence-electron chi connectivity index (χ4n) is 4.50. The predicted molar refractivity (Wildman–Crippen MR) is 149 cm³/mol. The van der Waals surface area contributed by atoms with E-state index >= 15 is 0 Å². The summed E-state index contributed by atoms with van der Waals surface area (Å²) in [6, 6.07) is 16.1. The lowest BCUT2D eigenvalue weighted by atomic mass is 10.1. The third-order valence-corrected chi connectivity index (χ3v) is 6.81. The Hall–Kier alpha value is -4.70. The van der Waals surface area contributed by atoms with Gasteiger partial charge in [0, 0.05) is 47.5 Å². The van der Waals surface area contributed by atoms with Crippen molar-refractivity contribution < 1.29 is 9.59 Å². The Morgan fingerprint density at radius 3 is 2.72 bits per heavy atom. The quantitative estimate of drug-likeness (QED) is 0.199. The molecule has 198 valence electrons. The van der Waals surface area contributed by atoms with Gasteiger partial charge >= 0.3 is 0 Å². The second kappa shape index (κ2) is 11.0. The molecule has 39 heavy (non-hydrogen) atoms. The summed E-state index contributed by atoms with van der Waals surface area (Å²) in [4.78, 5) is 47.2. The van der Waals surface area contributed by atoms with E-state index in [9.17, 15) is 14.4 Å². The molecule has 4 aromatic rings. The van der Waals surface area contributed by atoms with Crippen LogP contribution >= 0.6 is 11.6 Å². The highest BCUT2D eigenvalue weighted by molar-refractivity contribution is 6.29. The molecule has 0 fully saturated rings. The molecular formula is C28H26ClN7O3. The lowest BCUT2D eigenvalue weighted by Gasteiger charge is -2.16. The highest BCUT2D eigenvalue weighted by Crippen LogP contribution is 2.22. The van der Waals surface area contributed by atoms with Crippen LogP contribution in [-0.2, 0) is 11.3 Å². The van der Waals surface area contributed by atoms with Crippen LogP contribution in [0.4, 0.5) is 0 Å². The minimum absolute atomic E-state index is 0.0203. The Morgan fingerprint density at radius 1 is 1.13 bits per heavy atom. The zero-order valence-electron chi connectivity index (χ0n) is 20.9. The van der Waals surface area contributed by atoms with E-state index in [0.29, 0.717) is 22.1 Å². The van der Waals surface area contributed by atoms with Crippen molar-refractivity contribution in [2.75, 3.05) is 19.6 Å². The lowest BCUT2D eigenvalue weighted by Crippen LogP contribution is -2.36. The number of para-hydroxylation sites is 1. The minimum Gasteiger partial charge on any atom is -0.400 e. The number of amides is 2. The van der Waals surface area contributed by atoms with Crippen LogP contribution in [0.5, 0.6) is 0 Å². The van der Waals surface area contributed by atoms with Crippen molar-refractivity contribution in [1.29, 1.82) is 5.41 Å². The monoisotopic (exact) mass is 543 g/mol. The second-order valence-corrected chi connectivity index (χ2v) is 9.64. The molecule has 0 atom stereocenters. The third kappa shape index (κ3) is 5.60. The number of H-pyrrole nitrogens is 1. The summed E-state index contributed by atoms with van der Waals surface area (Å²) < 4.78 is 1.41. The van der Waals surface area contributed by atoms with Gasteiger partial charge in [-0.1, -0.05) is 35.9 Å². The average Bonchev–Trinajstić information content (AvgIpc) is 3.54. The van der Waals surface area contributed by atoms with Gasteiger partial charge in [-0.05, 0) is 35.9 Å². The maximum atomic E-state index is 12.8. The number of carbonyl (C=O) groups excluding carboxylic acids is 2. The second-order valence-electron chi connectivity index (χ2n) is 9.25. The van der Waals surface area contributed by atoms with Crippen LogP contribution in [-0.4, -0.2) is 56.6 Å². The van der Waals surface area contributed by atoms with E-state index in [1.54, 1.807) is 35.5 Å². The van der Waals surface area contributed by atoms with E-state index < -0.39 is 11.5 Å². The van der Waals surface area contributed by atoms with Crippen molar-refractivity contribution in [3.8, 4) is 0 Å². The van der Waals surface area contributed by atoms with Crippen LogP contribution < -0.4 is 16.6 Å². The summed E-state index contributed by atoms with van der Waals surface area (Å²) in [5.74, 6) is -0.768. The maximum absolute atomic E-state index is 12.8. The summed E-state index contributed by atoms with van der Waals surface area (Å²) >= 11 is 5.81. The number of nitrogens with zero attached hydrogens (tertiary/aromatic N) is 3. The van der Waals surface area contributed by atoms with Crippen LogP contribution in [0.1, 0.15) is 28.0 Å². The summed E-state index contributed by atoms with van der Waals surface area (Å²) in [5.41, 5.74) is 9.37. The number of aromatic amines is 1. The molecule has 5 rings (SSSR count). The van der Waals surface area contributed by atoms with Gasteiger partial charge in [0.2, 0.25) is 5.91 Å². The van der Waals surface area contributed by atoms with E-state index in [4.69, 9.17) is 22.7 Å². The zero-order valence-corrected chi connectivity index (χ0v) is 21.7. The summed E-state index contributed by atoms with van der Waals surface area (Å²) in [6.45, 7) is 0.726. The van der Waals surface area contributed by atoms with E-state index in [1.807, 2.05) is 30.3 Å². The largest absolute Gasteiger partial charge is 0.400 e. The van der Waals surface area contributed by atoms with Crippen molar-refractivity contribution in [1.82, 2.24) is 24.8 Å². The molecule has 0 bridgehead atoms. The molecular weight excluding hydrogens is 518 g/mol. The van der Waals surface area contributed by atoms with E-state index in [0.717, 1.165) is 16.5 Å². The van der Waals surface area contributed by atoms with Crippen molar-refractivity contribution in [2.45, 2.75) is 13.0 Å². The summed E-state index contributed by atoms with van der Waals surface area (Å²) in [5, 5.41) is 12.6. The number of aromatic nitrogens is 3. The molecule has 2 amide bonds. The Labute approximate surface area is 228 Å².